The van der Waals surface area contributed by atoms with Gasteiger partial charge in [-0.3, -0.25) is 0 Å². The van der Waals surface area contributed by atoms with Gasteiger partial charge in [-0.2, -0.15) is 0 Å². The Bertz CT molecular complexity index is 426. The van der Waals surface area contributed by atoms with E-state index in [1.54, 1.807) is 0 Å². The fraction of sp³-hybridized carbons (Fsp3) is 0.667. The molecule has 3 unspecified atom stereocenters. The Hall–Kier alpha value is -1.02. The summed E-state index contributed by atoms with van der Waals surface area (Å²) in [6.07, 6.45) is 8.51. The molecule has 0 radical (unpaired) electrons. The third-order valence-electron chi connectivity index (χ3n) is 5.21. The normalized spacial score (nSPS) is 29.8. The van der Waals surface area contributed by atoms with E-state index in [1.807, 2.05) is 0 Å². The van der Waals surface area contributed by atoms with Crippen LogP contribution in [0.4, 0.5) is 5.69 Å². The highest BCUT2D eigenvalue weighted by Gasteiger charge is 2.31. The van der Waals surface area contributed by atoms with Gasteiger partial charge in [-0.15, -0.1) is 0 Å². The van der Waals surface area contributed by atoms with E-state index >= 15 is 0 Å². The van der Waals surface area contributed by atoms with E-state index in [-0.39, 0.29) is 0 Å². The summed E-state index contributed by atoms with van der Waals surface area (Å²) in [5.41, 5.74) is 2.67. The lowest BCUT2D eigenvalue weighted by molar-refractivity contribution is 0.178. The van der Waals surface area contributed by atoms with E-state index in [0.717, 1.165) is 18.5 Å². The standard InChI is InChI=1S/C18H28N2/c1-14-7-11-17(12-8-14)20(2)13-16-10-9-15-5-3-4-6-18(15)19-16/h7-8,11-12,15-16,18-19H,3-6,9-10,13H2,1-2H3. The van der Waals surface area contributed by atoms with Crippen molar-refractivity contribution in [1.29, 1.82) is 0 Å². The monoisotopic (exact) mass is 272 g/mol. The Kier molecular flexibility index (Phi) is 4.30. The molecule has 1 saturated carbocycles. The molecule has 20 heavy (non-hydrogen) atoms. The number of aryl methyl sites for hydroxylation is 1. The second kappa shape index (κ2) is 6.17. The van der Waals surface area contributed by atoms with Crippen LogP contribution in [0.3, 0.4) is 0 Å². The maximum absolute atomic E-state index is 3.93. The molecule has 0 aromatic heterocycles. The molecule has 2 fully saturated rings. The number of benzene rings is 1. The molecule has 0 amide bonds. The van der Waals surface area contributed by atoms with Crippen molar-refractivity contribution < 1.29 is 0 Å². The van der Waals surface area contributed by atoms with Gasteiger partial charge in [0, 0.05) is 31.4 Å². The topological polar surface area (TPSA) is 15.3 Å². The van der Waals surface area contributed by atoms with E-state index < -0.39 is 0 Å². The van der Waals surface area contributed by atoms with Crippen molar-refractivity contribution in [1.82, 2.24) is 5.32 Å². The molecule has 0 bridgehead atoms. The van der Waals surface area contributed by atoms with Gasteiger partial charge in [0.1, 0.15) is 0 Å². The Balaban J connectivity index is 1.56. The minimum absolute atomic E-state index is 0.667. The molecule has 2 heteroatoms. The van der Waals surface area contributed by atoms with Crippen molar-refractivity contribution in [2.24, 2.45) is 5.92 Å². The van der Waals surface area contributed by atoms with Crippen LogP contribution in [-0.2, 0) is 0 Å². The summed E-state index contributed by atoms with van der Waals surface area (Å²) < 4.78 is 0. The van der Waals surface area contributed by atoms with Gasteiger partial charge in [-0.05, 0) is 50.7 Å². The summed E-state index contributed by atoms with van der Waals surface area (Å²) in [4.78, 5) is 2.40. The van der Waals surface area contributed by atoms with Crippen LogP contribution >= 0.6 is 0 Å². The molecule has 1 aliphatic carbocycles. The fourth-order valence-corrected chi connectivity index (χ4v) is 3.95. The van der Waals surface area contributed by atoms with Crippen LogP contribution in [0.5, 0.6) is 0 Å². The molecular weight excluding hydrogens is 244 g/mol. The zero-order chi connectivity index (χ0) is 13.9. The molecule has 1 saturated heterocycles. The van der Waals surface area contributed by atoms with Gasteiger partial charge < -0.3 is 10.2 Å². The highest BCUT2D eigenvalue weighted by molar-refractivity contribution is 5.46. The van der Waals surface area contributed by atoms with Crippen LogP contribution in [0.2, 0.25) is 0 Å². The number of likely N-dealkylation sites (N-methyl/N-ethyl adjacent to an activating group) is 1. The molecule has 3 atom stereocenters. The first kappa shape index (κ1) is 13.9. The van der Waals surface area contributed by atoms with Gasteiger partial charge in [0.2, 0.25) is 0 Å². The predicted octanol–water partition coefficient (Wildman–Crippen LogP) is 3.74. The molecule has 1 aliphatic heterocycles. The third kappa shape index (κ3) is 3.17. The second-order valence-electron chi connectivity index (χ2n) is 6.81. The van der Waals surface area contributed by atoms with Crippen molar-refractivity contribution in [2.75, 3.05) is 18.5 Å². The summed E-state index contributed by atoms with van der Waals surface area (Å²) in [5, 5.41) is 3.93. The molecular formula is C18H28N2. The van der Waals surface area contributed by atoms with Gasteiger partial charge in [-0.25, -0.2) is 0 Å². The lowest BCUT2D eigenvalue weighted by Gasteiger charge is -2.41. The van der Waals surface area contributed by atoms with E-state index in [9.17, 15) is 0 Å². The minimum Gasteiger partial charge on any atom is -0.373 e. The van der Waals surface area contributed by atoms with E-state index in [1.165, 1.54) is 49.8 Å². The number of rotatable bonds is 3. The summed E-state index contributed by atoms with van der Waals surface area (Å²) in [7, 11) is 2.22. The molecule has 1 aromatic rings. The van der Waals surface area contributed by atoms with Gasteiger partial charge >= 0.3 is 0 Å². The average molecular weight is 272 g/mol. The second-order valence-corrected chi connectivity index (χ2v) is 6.81. The van der Waals surface area contributed by atoms with Gasteiger partial charge in [-0.1, -0.05) is 30.5 Å². The van der Waals surface area contributed by atoms with Crippen LogP contribution in [0.25, 0.3) is 0 Å². The average Bonchev–Trinajstić information content (AvgIpc) is 2.48. The minimum atomic E-state index is 0.667. The molecule has 1 aromatic carbocycles. The third-order valence-corrected chi connectivity index (χ3v) is 5.21. The summed E-state index contributed by atoms with van der Waals surface area (Å²) in [6.45, 7) is 3.28. The Labute approximate surface area is 123 Å². The van der Waals surface area contributed by atoms with Crippen LogP contribution in [0.1, 0.15) is 44.1 Å². The number of fused-ring (bicyclic) bond motifs is 1. The lowest BCUT2D eigenvalue weighted by atomic mass is 9.78. The molecule has 1 N–H and O–H groups in total. The SMILES string of the molecule is Cc1ccc(N(C)CC2CCC3CCCCC3N2)cc1. The number of nitrogens with zero attached hydrogens (tertiary/aromatic N) is 1. The number of hydrogen-bond donors (Lipinski definition) is 1. The zero-order valence-electron chi connectivity index (χ0n) is 12.9. The maximum Gasteiger partial charge on any atom is 0.0364 e. The quantitative estimate of drug-likeness (QED) is 0.901. The van der Waals surface area contributed by atoms with Crippen molar-refractivity contribution in [3.8, 4) is 0 Å². The highest BCUT2D eigenvalue weighted by atomic mass is 15.1. The molecule has 3 rings (SSSR count). The fourth-order valence-electron chi connectivity index (χ4n) is 3.95. The summed E-state index contributed by atoms with van der Waals surface area (Å²) in [5.74, 6) is 0.963. The van der Waals surface area contributed by atoms with E-state index in [2.05, 4.69) is 48.5 Å². The van der Waals surface area contributed by atoms with Crippen molar-refractivity contribution >= 4 is 5.69 Å². The number of nitrogens with one attached hydrogen (secondary N) is 1. The Morgan fingerprint density at radius 1 is 1.05 bits per heavy atom. The number of piperidine rings is 1. The van der Waals surface area contributed by atoms with Crippen LogP contribution in [-0.4, -0.2) is 25.7 Å². The first-order valence-corrected chi connectivity index (χ1v) is 8.26. The molecule has 110 valence electrons. The zero-order valence-corrected chi connectivity index (χ0v) is 12.9. The van der Waals surface area contributed by atoms with Gasteiger partial charge in [0.05, 0.1) is 0 Å². The van der Waals surface area contributed by atoms with Crippen molar-refractivity contribution in [2.45, 2.75) is 57.5 Å². The first-order chi connectivity index (χ1) is 9.72. The first-order valence-electron chi connectivity index (χ1n) is 8.26. The Morgan fingerprint density at radius 2 is 1.80 bits per heavy atom. The van der Waals surface area contributed by atoms with Gasteiger partial charge in [0.25, 0.3) is 0 Å². The summed E-state index contributed by atoms with van der Waals surface area (Å²) >= 11 is 0. The lowest BCUT2D eigenvalue weighted by Crippen LogP contribution is -2.52. The number of anilines is 1. The largest absolute Gasteiger partial charge is 0.373 e. The van der Waals surface area contributed by atoms with Crippen molar-refractivity contribution in [3.05, 3.63) is 29.8 Å². The summed E-state index contributed by atoms with van der Waals surface area (Å²) in [6, 6.07) is 10.4. The smallest absolute Gasteiger partial charge is 0.0364 e. The highest BCUT2D eigenvalue weighted by Crippen LogP contribution is 2.32. The predicted molar refractivity (Wildman–Crippen MR) is 86.4 cm³/mol. The maximum atomic E-state index is 3.93. The van der Waals surface area contributed by atoms with E-state index in [0.29, 0.717) is 6.04 Å². The van der Waals surface area contributed by atoms with Crippen LogP contribution in [0, 0.1) is 12.8 Å². The number of hydrogen-bond acceptors (Lipinski definition) is 2. The van der Waals surface area contributed by atoms with Gasteiger partial charge in [0.15, 0.2) is 0 Å². The molecule has 2 nitrogen and oxygen atoms in total. The Morgan fingerprint density at radius 3 is 2.60 bits per heavy atom. The van der Waals surface area contributed by atoms with Crippen LogP contribution < -0.4 is 10.2 Å². The molecule has 0 spiro atoms. The van der Waals surface area contributed by atoms with E-state index in [4.69, 9.17) is 0 Å². The van der Waals surface area contributed by atoms with Crippen molar-refractivity contribution in [3.63, 3.8) is 0 Å². The van der Waals surface area contributed by atoms with Crippen LogP contribution in [0.15, 0.2) is 24.3 Å². The molecule has 1 heterocycles. The molecule has 2 aliphatic rings.